The standard InChI is InChI=1S/C11H14FIN2O.ClH/c1-11(2,14)6-15-10(16)7-3-4-9(13)8(12)5-7;/h3-5H,6,14H2,1-2H3,(H,15,16);1H. The number of carbonyl (C=O) groups excluding carboxylic acids is 1. The molecule has 0 saturated carbocycles. The van der Waals surface area contributed by atoms with Crippen molar-refractivity contribution in [3.05, 3.63) is 33.1 Å². The van der Waals surface area contributed by atoms with Crippen molar-refractivity contribution in [1.29, 1.82) is 0 Å². The van der Waals surface area contributed by atoms with Gasteiger partial charge in [-0.15, -0.1) is 12.4 Å². The van der Waals surface area contributed by atoms with E-state index in [2.05, 4.69) is 5.32 Å². The molecule has 0 aliphatic carbocycles. The van der Waals surface area contributed by atoms with Crippen molar-refractivity contribution in [2.45, 2.75) is 19.4 Å². The zero-order valence-corrected chi connectivity index (χ0v) is 12.6. The number of halogens is 3. The van der Waals surface area contributed by atoms with Gasteiger partial charge in [-0.3, -0.25) is 4.79 Å². The van der Waals surface area contributed by atoms with Crippen molar-refractivity contribution in [2.24, 2.45) is 5.73 Å². The zero-order chi connectivity index (χ0) is 12.3. The first-order valence-corrected chi connectivity index (χ1v) is 5.89. The Bertz CT molecular complexity index is 407. The Morgan fingerprint density at radius 1 is 1.53 bits per heavy atom. The van der Waals surface area contributed by atoms with E-state index in [1.54, 1.807) is 12.1 Å². The second-order valence-electron chi connectivity index (χ2n) is 4.30. The number of benzene rings is 1. The largest absolute Gasteiger partial charge is 0.350 e. The van der Waals surface area contributed by atoms with Crippen molar-refractivity contribution >= 4 is 40.9 Å². The summed E-state index contributed by atoms with van der Waals surface area (Å²) >= 11 is 1.87. The van der Waals surface area contributed by atoms with Gasteiger partial charge in [-0.1, -0.05) is 0 Å². The normalized spacial score (nSPS) is 10.6. The van der Waals surface area contributed by atoms with Crippen molar-refractivity contribution in [3.63, 3.8) is 0 Å². The first kappa shape index (κ1) is 16.6. The predicted molar refractivity (Wildman–Crippen MR) is 77.0 cm³/mol. The fourth-order valence-electron chi connectivity index (χ4n) is 1.05. The topological polar surface area (TPSA) is 55.1 Å². The van der Waals surface area contributed by atoms with Crippen LogP contribution in [0.4, 0.5) is 4.39 Å². The minimum atomic E-state index is -0.475. The minimum Gasteiger partial charge on any atom is -0.350 e. The molecule has 0 fully saturated rings. The summed E-state index contributed by atoms with van der Waals surface area (Å²) in [5.74, 6) is -0.700. The molecule has 1 aromatic carbocycles. The molecule has 17 heavy (non-hydrogen) atoms. The third kappa shape index (κ3) is 5.65. The summed E-state index contributed by atoms with van der Waals surface area (Å²) in [5, 5.41) is 2.65. The van der Waals surface area contributed by atoms with Crippen LogP contribution in [0.1, 0.15) is 24.2 Å². The van der Waals surface area contributed by atoms with Gasteiger partial charge in [0, 0.05) is 21.2 Å². The van der Waals surface area contributed by atoms with E-state index in [1.165, 1.54) is 6.07 Å². The van der Waals surface area contributed by atoms with Crippen LogP contribution in [-0.4, -0.2) is 18.0 Å². The van der Waals surface area contributed by atoms with Crippen LogP contribution < -0.4 is 11.1 Å². The van der Waals surface area contributed by atoms with Crippen LogP contribution in [0.2, 0.25) is 0 Å². The van der Waals surface area contributed by atoms with Crippen LogP contribution in [0.25, 0.3) is 0 Å². The molecule has 0 radical (unpaired) electrons. The molecule has 0 spiro atoms. The second kappa shape index (κ2) is 6.51. The van der Waals surface area contributed by atoms with Crippen LogP contribution in [0, 0.1) is 9.39 Å². The first-order valence-electron chi connectivity index (χ1n) is 4.82. The zero-order valence-electron chi connectivity index (χ0n) is 9.59. The highest BCUT2D eigenvalue weighted by atomic mass is 127. The summed E-state index contributed by atoms with van der Waals surface area (Å²) in [7, 11) is 0. The lowest BCUT2D eigenvalue weighted by molar-refractivity contribution is 0.0945. The monoisotopic (exact) mass is 372 g/mol. The fraction of sp³-hybridized carbons (Fsp3) is 0.364. The Kier molecular flexibility index (Phi) is 6.36. The smallest absolute Gasteiger partial charge is 0.251 e. The third-order valence-electron chi connectivity index (χ3n) is 1.89. The summed E-state index contributed by atoms with van der Waals surface area (Å²) < 4.78 is 13.7. The van der Waals surface area contributed by atoms with Gasteiger partial charge in [0.15, 0.2) is 0 Å². The van der Waals surface area contributed by atoms with Gasteiger partial charge in [0.25, 0.3) is 5.91 Å². The molecule has 3 N–H and O–H groups in total. The molecule has 1 amide bonds. The Hall–Kier alpha value is -0.400. The highest BCUT2D eigenvalue weighted by molar-refractivity contribution is 14.1. The highest BCUT2D eigenvalue weighted by Gasteiger charge is 2.14. The average Bonchev–Trinajstić information content (AvgIpc) is 2.17. The molecular formula is C11H15ClFIN2O. The molecule has 0 atom stereocenters. The van der Waals surface area contributed by atoms with E-state index < -0.39 is 5.54 Å². The number of carbonyl (C=O) groups is 1. The summed E-state index contributed by atoms with van der Waals surface area (Å²) in [5.41, 5.74) is 5.56. The summed E-state index contributed by atoms with van der Waals surface area (Å²) in [6.45, 7) is 3.96. The van der Waals surface area contributed by atoms with E-state index in [9.17, 15) is 9.18 Å². The molecule has 1 aromatic rings. The summed E-state index contributed by atoms with van der Waals surface area (Å²) in [4.78, 5) is 11.6. The number of hydrogen-bond donors (Lipinski definition) is 2. The van der Waals surface area contributed by atoms with Gasteiger partial charge in [0.2, 0.25) is 0 Å². The maximum Gasteiger partial charge on any atom is 0.251 e. The highest BCUT2D eigenvalue weighted by Crippen LogP contribution is 2.12. The van der Waals surface area contributed by atoms with Gasteiger partial charge < -0.3 is 11.1 Å². The maximum absolute atomic E-state index is 13.2. The number of nitrogens with two attached hydrogens (primary N) is 1. The molecule has 0 aliphatic rings. The number of nitrogens with one attached hydrogen (secondary N) is 1. The molecule has 0 unspecified atom stereocenters. The molecule has 0 aliphatic heterocycles. The fourth-order valence-corrected chi connectivity index (χ4v) is 1.38. The first-order chi connectivity index (χ1) is 7.29. The molecule has 0 saturated heterocycles. The summed E-state index contributed by atoms with van der Waals surface area (Å²) in [6, 6.07) is 4.38. The van der Waals surface area contributed by atoms with Gasteiger partial charge >= 0.3 is 0 Å². The quantitative estimate of drug-likeness (QED) is 0.800. The Morgan fingerprint density at radius 2 is 2.12 bits per heavy atom. The van der Waals surface area contributed by atoms with Crippen LogP contribution in [0.5, 0.6) is 0 Å². The second-order valence-corrected chi connectivity index (χ2v) is 5.46. The number of rotatable bonds is 3. The molecular weight excluding hydrogens is 357 g/mol. The average molecular weight is 373 g/mol. The van der Waals surface area contributed by atoms with E-state index in [0.29, 0.717) is 15.7 Å². The Balaban J connectivity index is 0.00000256. The minimum absolute atomic E-state index is 0. The molecule has 1 rings (SSSR count). The molecule has 0 heterocycles. The molecule has 6 heteroatoms. The van der Waals surface area contributed by atoms with Crippen LogP contribution in [-0.2, 0) is 0 Å². The number of amides is 1. The van der Waals surface area contributed by atoms with Gasteiger partial charge in [-0.05, 0) is 54.6 Å². The maximum atomic E-state index is 13.2. The lowest BCUT2D eigenvalue weighted by Gasteiger charge is -2.18. The van der Waals surface area contributed by atoms with Gasteiger partial charge in [0.05, 0.1) is 0 Å². The van der Waals surface area contributed by atoms with Gasteiger partial charge in [0.1, 0.15) is 5.82 Å². The molecule has 96 valence electrons. The number of hydrogen-bond acceptors (Lipinski definition) is 2. The van der Waals surface area contributed by atoms with E-state index in [0.717, 1.165) is 0 Å². The van der Waals surface area contributed by atoms with Crippen molar-refractivity contribution in [3.8, 4) is 0 Å². The molecule has 0 aromatic heterocycles. The molecule has 3 nitrogen and oxygen atoms in total. The predicted octanol–water partition coefficient (Wildman–Crippen LogP) is 2.32. The van der Waals surface area contributed by atoms with Crippen molar-refractivity contribution in [1.82, 2.24) is 5.32 Å². The third-order valence-corrected chi connectivity index (χ3v) is 2.76. The van der Waals surface area contributed by atoms with Crippen LogP contribution in [0.3, 0.4) is 0 Å². The van der Waals surface area contributed by atoms with Crippen LogP contribution >= 0.6 is 35.0 Å². The lowest BCUT2D eigenvalue weighted by Crippen LogP contribution is -2.45. The van der Waals surface area contributed by atoms with Gasteiger partial charge in [-0.25, -0.2) is 4.39 Å². The van der Waals surface area contributed by atoms with Crippen molar-refractivity contribution in [2.75, 3.05) is 6.54 Å². The SMILES string of the molecule is CC(C)(N)CNC(=O)c1ccc(I)c(F)c1.Cl. The lowest BCUT2D eigenvalue weighted by atomic mass is 10.1. The molecule has 0 bridgehead atoms. The van der Waals surface area contributed by atoms with E-state index in [-0.39, 0.29) is 24.1 Å². The summed E-state index contributed by atoms with van der Waals surface area (Å²) in [6.07, 6.45) is 0. The van der Waals surface area contributed by atoms with Crippen LogP contribution in [0.15, 0.2) is 18.2 Å². The Labute approximate surface area is 120 Å². The van der Waals surface area contributed by atoms with Crippen molar-refractivity contribution < 1.29 is 9.18 Å². The van der Waals surface area contributed by atoms with E-state index >= 15 is 0 Å². The Morgan fingerprint density at radius 3 is 2.59 bits per heavy atom. The van der Waals surface area contributed by atoms with Gasteiger partial charge in [-0.2, -0.15) is 0 Å². The van der Waals surface area contributed by atoms with E-state index in [1.807, 2.05) is 36.4 Å². The van der Waals surface area contributed by atoms with E-state index in [4.69, 9.17) is 5.73 Å².